The number of anilines is 1. The Balaban J connectivity index is 1.22. The minimum Gasteiger partial charge on any atom is -0.491 e. The third-order valence-corrected chi connectivity index (χ3v) is 8.98. The summed E-state index contributed by atoms with van der Waals surface area (Å²) >= 11 is 0. The van der Waals surface area contributed by atoms with Gasteiger partial charge >= 0.3 is 0 Å². The first-order valence-corrected chi connectivity index (χ1v) is 12.6. The standard InChI is InChI=1S/C26H31F2N3O3/c1-33-21-19(27)17(13-18(20(21)28)29-23(32)16-3-2-4-16)14-25-7-10-26(11-8-25,12-9-25)24-30-22(31-34-24)15-5-6-15/h13,15-16H,2-12,14H2,1H3,(H,29,32). The number of nitrogens with one attached hydrogen (secondary N) is 1. The van der Waals surface area contributed by atoms with E-state index in [2.05, 4.69) is 10.5 Å². The minimum absolute atomic E-state index is 0.0148. The van der Waals surface area contributed by atoms with Crippen LogP contribution in [0.4, 0.5) is 14.5 Å². The summed E-state index contributed by atoms with van der Waals surface area (Å²) in [5, 5.41) is 6.91. The second kappa shape index (κ2) is 8.02. The van der Waals surface area contributed by atoms with Crippen LogP contribution < -0.4 is 10.1 Å². The summed E-state index contributed by atoms with van der Waals surface area (Å²) in [5.41, 5.74) is 0.300. The number of carbonyl (C=O) groups is 1. The Labute approximate surface area is 197 Å². The van der Waals surface area contributed by atoms with E-state index in [4.69, 9.17) is 14.2 Å². The van der Waals surface area contributed by atoms with Gasteiger partial charge in [0.2, 0.25) is 11.8 Å². The molecule has 2 bridgehead atoms. The van der Waals surface area contributed by atoms with Crippen molar-refractivity contribution in [3.8, 4) is 5.75 Å². The highest BCUT2D eigenvalue weighted by Gasteiger charge is 2.52. The summed E-state index contributed by atoms with van der Waals surface area (Å²) in [7, 11) is 1.26. The van der Waals surface area contributed by atoms with Gasteiger partial charge in [-0.25, -0.2) is 8.78 Å². The van der Waals surface area contributed by atoms with E-state index in [-0.39, 0.29) is 28.3 Å². The third kappa shape index (κ3) is 3.60. The molecule has 0 aliphatic heterocycles. The number of methoxy groups -OCH3 is 1. The number of hydrogen-bond acceptors (Lipinski definition) is 5. The maximum absolute atomic E-state index is 15.3. The average molecular weight is 472 g/mol. The molecule has 0 unspecified atom stereocenters. The lowest BCUT2D eigenvalue weighted by atomic mass is 9.52. The Bertz CT molecular complexity index is 1100. The van der Waals surface area contributed by atoms with Crippen LogP contribution in [0, 0.1) is 23.0 Å². The molecule has 0 atom stereocenters. The van der Waals surface area contributed by atoms with Crippen LogP contribution in [-0.4, -0.2) is 23.2 Å². The number of hydrogen-bond donors (Lipinski definition) is 1. The van der Waals surface area contributed by atoms with Gasteiger partial charge in [0.1, 0.15) is 0 Å². The summed E-state index contributed by atoms with van der Waals surface area (Å²) in [6.07, 6.45) is 11.0. The summed E-state index contributed by atoms with van der Waals surface area (Å²) in [6.45, 7) is 0. The molecule has 0 radical (unpaired) electrons. The van der Waals surface area contributed by atoms with Crippen molar-refractivity contribution in [3.05, 3.63) is 35.0 Å². The summed E-state index contributed by atoms with van der Waals surface area (Å²) in [6, 6.07) is 1.48. The molecule has 6 nitrogen and oxygen atoms in total. The number of aromatic nitrogens is 2. The minimum atomic E-state index is -0.844. The van der Waals surface area contributed by atoms with Gasteiger partial charge in [-0.3, -0.25) is 4.79 Å². The van der Waals surface area contributed by atoms with E-state index in [0.29, 0.717) is 17.9 Å². The smallest absolute Gasteiger partial charge is 0.232 e. The molecule has 8 heteroatoms. The van der Waals surface area contributed by atoms with Crippen molar-refractivity contribution in [3.63, 3.8) is 0 Å². The molecule has 1 aromatic heterocycles. The van der Waals surface area contributed by atoms with Gasteiger partial charge in [0, 0.05) is 17.3 Å². The molecule has 5 aliphatic rings. The lowest BCUT2D eigenvalue weighted by molar-refractivity contribution is -0.122. The first kappa shape index (κ1) is 22.0. The SMILES string of the molecule is COc1c(F)c(CC23CCC(c4nc(C5CC5)no4)(CC2)CC3)cc(NC(=O)C2CCC2)c1F. The third-order valence-electron chi connectivity index (χ3n) is 8.98. The number of rotatable bonds is 7. The summed E-state index contributed by atoms with van der Waals surface area (Å²) in [4.78, 5) is 17.2. The molecule has 1 amide bonds. The van der Waals surface area contributed by atoms with E-state index in [1.807, 2.05) is 0 Å². The molecule has 0 spiro atoms. The molecular formula is C26H31F2N3O3. The first-order chi connectivity index (χ1) is 16.4. The maximum atomic E-state index is 15.3. The van der Waals surface area contributed by atoms with Gasteiger partial charge in [-0.2, -0.15) is 4.98 Å². The van der Waals surface area contributed by atoms with E-state index >= 15 is 4.39 Å². The normalized spacial score (nSPS) is 28.6. The van der Waals surface area contributed by atoms with Gasteiger partial charge < -0.3 is 14.6 Å². The largest absolute Gasteiger partial charge is 0.491 e. The zero-order valence-corrected chi connectivity index (χ0v) is 19.6. The molecule has 5 fully saturated rings. The number of carbonyl (C=O) groups excluding carboxylic acids is 1. The van der Waals surface area contributed by atoms with Crippen molar-refractivity contribution in [2.45, 2.75) is 88.4 Å². The van der Waals surface area contributed by atoms with E-state index in [9.17, 15) is 9.18 Å². The average Bonchev–Trinajstić information content (AvgIpc) is 3.53. The van der Waals surface area contributed by atoms with Crippen LogP contribution in [0.1, 0.15) is 93.8 Å². The van der Waals surface area contributed by atoms with Crippen molar-refractivity contribution >= 4 is 11.6 Å². The summed E-state index contributed by atoms with van der Waals surface area (Å²) < 4.78 is 41.0. The molecule has 1 N–H and O–H groups in total. The quantitative estimate of drug-likeness (QED) is 0.552. The van der Waals surface area contributed by atoms with Crippen LogP contribution in [0.5, 0.6) is 5.75 Å². The molecule has 5 saturated carbocycles. The Kier molecular flexibility index (Phi) is 5.19. The molecule has 5 aliphatic carbocycles. The van der Waals surface area contributed by atoms with E-state index in [1.165, 1.54) is 13.2 Å². The maximum Gasteiger partial charge on any atom is 0.232 e. The van der Waals surface area contributed by atoms with Crippen LogP contribution in [0.25, 0.3) is 0 Å². The fraction of sp³-hybridized carbons (Fsp3) is 0.654. The Morgan fingerprint density at radius 1 is 1.12 bits per heavy atom. The zero-order chi connectivity index (χ0) is 23.5. The summed E-state index contributed by atoms with van der Waals surface area (Å²) in [5.74, 6) is -0.122. The van der Waals surface area contributed by atoms with Crippen LogP contribution >= 0.6 is 0 Å². The second-order valence-corrected chi connectivity index (χ2v) is 11.1. The first-order valence-electron chi connectivity index (χ1n) is 12.6. The van der Waals surface area contributed by atoms with Crippen LogP contribution in [0.3, 0.4) is 0 Å². The van der Waals surface area contributed by atoms with Gasteiger partial charge in [0.05, 0.1) is 12.8 Å². The molecule has 7 rings (SSSR count). The van der Waals surface area contributed by atoms with Crippen molar-refractivity contribution < 1.29 is 22.8 Å². The highest BCUT2D eigenvalue weighted by atomic mass is 19.1. The van der Waals surface area contributed by atoms with Crippen LogP contribution in [-0.2, 0) is 16.6 Å². The topological polar surface area (TPSA) is 77.2 Å². The molecule has 1 aromatic carbocycles. The Morgan fingerprint density at radius 2 is 1.82 bits per heavy atom. The Morgan fingerprint density at radius 3 is 2.41 bits per heavy atom. The fourth-order valence-corrected chi connectivity index (χ4v) is 6.18. The van der Waals surface area contributed by atoms with E-state index < -0.39 is 17.4 Å². The van der Waals surface area contributed by atoms with Crippen molar-refractivity contribution in [1.82, 2.24) is 10.1 Å². The molecule has 2 aromatic rings. The predicted octanol–water partition coefficient (Wildman–Crippen LogP) is 5.81. The lowest BCUT2D eigenvalue weighted by Gasteiger charge is -2.52. The van der Waals surface area contributed by atoms with E-state index in [1.54, 1.807) is 0 Å². The van der Waals surface area contributed by atoms with Crippen LogP contribution in [0.15, 0.2) is 10.6 Å². The van der Waals surface area contributed by atoms with Gasteiger partial charge in [-0.05, 0) is 87.7 Å². The number of halogens is 2. The van der Waals surface area contributed by atoms with Gasteiger partial charge in [-0.1, -0.05) is 11.6 Å². The number of ether oxygens (including phenoxy) is 1. The molecule has 34 heavy (non-hydrogen) atoms. The molecule has 0 saturated heterocycles. The zero-order valence-electron chi connectivity index (χ0n) is 19.6. The van der Waals surface area contributed by atoms with Crippen molar-refractivity contribution in [1.29, 1.82) is 0 Å². The highest BCUT2D eigenvalue weighted by molar-refractivity contribution is 5.93. The van der Waals surface area contributed by atoms with E-state index in [0.717, 1.165) is 82.3 Å². The monoisotopic (exact) mass is 471 g/mol. The molecule has 182 valence electrons. The van der Waals surface area contributed by atoms with Gasteiger partial charge in [-0.15, -0.1) is 0 Å². The fourth-order valence-electron chi connectivity index (χ4n) is 6.18. The molecule has 1 heterocycles. The lowest BCUT2D eigenvalue weighted by Crippen LogP contribution is -2.45. The second-order valence-electron chi connectivity index (χ2n) is 11.1. The van der Waals surface area contributed by atoms with Crippen molar-refractivity contribution in [2.24, 2.45) is 11.3 Å². The van der Waals surface area contributed by atoms with Gasteiger partial charge in [0.15, 0.2) is 23.2 Å². The predicted molar refractivity (Wildman–Crippen MR) is 121 cm³/mol. The molecular weight excluding hydrogens is 440 g/mol. The number of amides is 1. The number of benzene rings is 1. The Hall–Kier alpha value is -2.51. The van der Waals surface area contributed by atoms with Crippen LogP contribution in [0.2, 0.25) is 0 Å². The van der Waals surface area contributed by atoms with Crippen molar-refractivity contribution in [2.75, 3.05) is 12.4 Å². The number of nitrogens with zero attached hydrogens (tertiary/aromatic N) is 2. The highest BCUT2D eigenvalue weighted by Crippen LogP contribution is 2.59. The number of fused-ring (bicyclic) bond motifs is 3. The van der Waals surface area contributed by atoms with Gasteiger partial charge in [0.25, 0.3) is 0 Å².